The van der Waals surface area contributed by atoms with E-state index in [1.807, 2.05) is 24.3 Å². The van der Waals surface area contributed by atoms with Gasteiger partial charge in [0, 0.05) is 18.7 Å². The summed E-state index contributed by atoms with van der Waals surface area (Å²) in [5.74, 6) is 1.81. The fraction of sp³-hybridized carbons (Fsp3) is 0.632. The van der Waals surface area contributed by atoms with Crippen molar-refractivity contribution >= 4 is 5.91 Å². The third kappa shape index (κ3) is 4.05. The molecule has 126 valence electrons. The van der Waals surface area contributed by atoms with E-state index in [1.54, 1.807) is 7.11 Å². The Labute approximate surface area is 139 Å². The monoisotopic (exact) mass is 316 g/mol. The summed E-state index contributed by atoms with van der Waals surface area (Å²) in [6.07, 6.45) is 7.54. The first-order chi connectivity index (χ1) is 11.3. The summed E-state index contributed by atoms with van der Waals surface area (Å²) in [5.41, 5.74) is 1.03. The maximum atomic E-state index is 12.6. The van der Waals surface area contributed by atoms with Crippen LogP contribution in [0, 0.1) is 5.92 Å². The molecule has 2 aliphatic rings. The fourth-order valence-electron chi connectivity index (χ4n) is 4.02. The van der Waals surface area contributed by atoms with Crippen LogP contribution in [0.15, 0.2) is 24.3 Å². The molecule has 3 rings (SSSR count). The van der Waals surface area contributed by atoms with Gasteiger partial charge in [-0.05, 0) is 44.2 Å². The van der Waals surface area contributed by atoms with Gasteiger partial charge >= 0.3 is 0 Å². The van der Waals surface area contributed by atoms with Gasteiger partial charge in [-0.2, -0.15) is 0 Å². The Morgan fingerprint density at radius 3 is 2.78 bits per heavy atom. The molecule has 1 aliphatic heterocycles. The van der Waals surface area contributed by atoms with Gasteiger partial charge in [0.05, 0.1) is 13.2 Å². The van der Waals surface area contributed by atoms with Crippen LogP contribution in [0.3, 0.4) is 0 Å². The van der Waals surface area contributed by atoms with E-state index in [-0.39, 0.29) is 11.9 Å². The first kappa shape index (κ1) is 16.3. The first-order valence-electron chi connectivity index (χ1n) is 8.91. The Bertz CT molecular complexity index is 526. The van der Waals surface area contributed by atoms with Crippen LogP contribution in [0.1, 0.15) is 44.1 Å². The standard InChI is InChI=1S/C19H28N2O2/c1-23-18-11-5-4-9-16(18)13-20-19(22)17-10-6-12-21(17)14-15-7-2-3-8-15/h4-5,9,11,15,17H,2-3,6-8,10,12-14H2,1H3,(H,20,22)/t17-/m1/s1. The van der Waals surface area contributed by atoms with Crippen LogP contribution >= 0.6 is 0 Å². The third-order valence-corrected chi connectivity index (χ3v) is 5.28. The van der Waals surface area contributed by atoms with E-state index in [9.17, 15) is 4.79 Å². The molecule has 23 heavy (non-hydrogen) atoms. The zero-order chi connectivity index (χ0) is 16.1. The Balaban J connectivity index is 1.54. The van der Waals surface area contributed by atoms with E-state index in [0.29, 0.717) is 6.54 Å². The van der Waals surface area contributed by atoms with Gasteiger partial charge in [0.1, 0.15) is 5.75 Å². The van der Waals surface area contributed by atoms with Gasteiger partial charge in [-0.25, -0.2) is 0 Å². The molecule has 0 spiro atoms. The molecule has 1 aromatic carbocycles. The van der Waals surface area contributed by atoms with Gasteiger partial charge in [0.25, 0.3) is 0 Å². The van der Waals surface area contributed by atoms with Gasteiger partial charge in [0.2, 0.25) is 5.91 Å². The molecule has 1 aliphatic carbocycles. The summed E-state index contributed by atoms with van der Waals surface area (Å²) in [5, 5.41) is 3.11. The molecule has 1 heterocycles. The van der Waals surface area contributed by atoms with Gasteiger partial charge in [-0.3, -0.25) is 9.69 Å². The van der Waals surface area contributed by atoms with Crippen LogP contribution in [0.4, 0.5) is 0 Å². The molecule has 1 atom stereocenters. The normalized spacial score (nSPS) is 22.4. The molecule has 2 fully saturated rings. The molecular weight excluding hydrogens is 288 g/mol. The van der Waals surface area contributed by atoms with Crippen LogP contribution in [0.5, 0.6) is 5.75 Å². The number of nitrogens with one attached hydrogen (secondary N) is 1. The molecule has 0 radical (unpaired) electrons. The molecule has 0 aromatic heterocycles. The van der Waals surface area contributed by atoms with Gasteiger partial charge in [-0.15, -0.1) is 0 Å². The smallest absolute Gasteiger partial charge is 0.237 e. The molecule has 1 aromatic rings. The van der Waals surface area contributed by atoms with Crippen molar-refractivity contribution in [3.8, 4) is 5.75 Å². The van der Waals surface area contributed by atoms with Gasteiger partial charge in [0.15, 0.2) is 0 Å². The highest BCUT2D eigenvalue weighted by Crippen LogP contribution is 2.28. The number of rotatable bonds is 6. The van der Waals surface area contributed by atoms with Crippen molar-refractivity contribution in [3.63, 3.8) is 0 Å². The number of likely N-dealkylation sites (tertiary alicyclic amines) is 1. The van der Waals surface area contributed by atoms with Crippen LogP contribution in [-0.4, -0.2) is 37.0 Å². The molecule has 1 saturated carbocycles. The molecule has 4 nitrogen and oxygen atoms in total. The number of hydrogen-bond acceptors (Lipinski definition) is 3. The predicted molar refractivity (Wildman–Crippen MR) is 91.4 cm³/mol. The number of para-hydroxylation sites is 1. The second-order valence-corrected chi connectivity index (χ2v) is 6.83. The predicted octanol–water partition coefficient (Wildman–Crippen LogP) is 2.97. The van der Waals surface area contributed by atoms with Crippen molar-refractivity contribution in [1.82, 2.24) is 10.2 Å². The van der Waals surface area contributed by atoms with Crippen LogP contribution < -0.4 is 10.1 Å². The number of methoxy groups -OCH3 is 1. The maximum Gasteiger partial charge on any atom is 0.237 e. The summed E-state index contributed by atoms with van der Waals surface area (Å²) < 4.78 is 5.35. The Morgan fingerprint density at radius 2 is 2.00 bits per heavy atom. The summed E-state index contributed by atoms with van der Waals surface area (Å²) in [6.45, 7) is 2.71. The molecule has 1 N–H and O–H groups in total. The largest absolute Gasteiger partial charge is 0.496 e. The average Bonchev–Trinajstić information content (AvgIpc) is 3.25. The second-order valence-electron chi connectivity index (χ2n) is 6.83. The van der Waals surface area contributed by atoms with Crippen LogP contribution in [-0.2, 0) is 11.3 Å². The Morgan fingerprint density at radius 1 is 1.22 bits per heavy atom. The summed E-state index contributed by atoms with van der Waals surface area (Å²) in [4.78, 5) is 15.0. The van der Waals surface area contributed by atoms with Crippen molar-refractivity contribution in [2.45, 2.75) is 51.1 Å². The number of amides is 1. The lowest BCUT2D eigenvalue weighted by molar-refractivity contribution is -0.125. The highest BCUT2D eigenvalue weighted by molar-refractivity contribution is 5.82. The number of benzene rings is 1. The number of hydrogen-bond donors (Lipinski definition) is 1. The summed E-state index contributed by atoms with van der Waals surface area (Å²) in [7, 11) is 1.67. The highest BCUT2D eigenvalue weighted by atomic mass is 16.5. The second kappa shape index (κ2) is 7.82. The molecule has 0 unspecified atom stereocenters. The van der Waals surface area contributed by atoms with E-state index in [2.05, 4.69) is 10.2 Å². The number of carbonyl (C=O) groups is 1. The van der Waals surface area contributed by atoms with Crippen molar-refractivity contribution in [1.29, 1.82) is 0 Å². The van der Waals surface area contributed by atoms with Crippen molar-refractivity contribution in [3.05, 3.63) is 29.8 Å². The minimum atomic E-state index is 0.0605. The first-order valence-corrected chi connectivity index (χ1v) is 8.91. The zero-order valence-electron chi connectivity index (χ0n) is 14.1. The minimum Gasteiger partial charge on any atom is -0.496 e. The van der Waals surface area contributed by atoms with E-state index >= 15 is 0 Å². The Kier molecular flexibility index (Phi) is 5.55. The van der Waals surface area contributed by atoms with Crippen LogP contribution in [0.25, 0.3) is 0 Å². The van der Waals surface area contributed by atoms with Gasteiger partial charge in [-0.1, -0.05) is 31.0 Å². The summed E-state index contributed by atoms with van der Waals surface area (Å²) >= 11 is 0. The molecule has 4 heteroatoms. The van der Waals surface area contributed by atoms with E-state index in [4.69, 9.17) is 4.74 Å². The lowest BCUT2D eigenvalue weighted by Crippen LogP contribution is -2.44. The van der Waals surface area contributed by atoms with Crippen molar-refractivity contribution in [2.75, 3.05) is 20.2 Å². The van der Waals surface area contributed by atoms with Crippen molar-refractivity contribution in [2.24, 2.45) is 5.92 Å². The number of nitrogens with zero attached hydrogens (tertiary/aromatic N) is 1. The summed E-state index contributed by atoms with van der Waals surface area (Å²) in [6, 6.07) is 7.93. The van der Waals surface area contributed by atoms with E-state index in [1.165, 1.54) is 25.7 Å². The third-order valence-electron chi connectivity index (χ3n) is 5.28. The lowest BCUT2D eigenvalue weighted by Gasteiger charge is -2.26. The van der Waals surface area contributed by atoms with Gasteiger partial charge < -0.3 is 10.1 Å². The molecule has 0 bridgehead atoms. The van der Waals surface area contributed by atoms with E-state index in [0.717, 1.165) is 43.2 Å². The van der Waals surface area contributed by atoms with Crippen LogP contribution in [0.2, 0.25) is 0 Å². The number of ether oxygens (including phenoxy) is 1. The maximum absolute atomic E-state index is 12.6. The minimum absolute atomic E-state index is 0.0605. The van der Waals surface area contributed by atoms with E-state index < -0.39 is 0 Å². The highest BCUT2D eigenvalue weighted by Gasteiger charge is 2.32. The number of carbonyl (C=O) groups excluding carboxylic acids is 1. The quantitative estimate of drug-likeness (QED) is 0.877. The SMILES string of the molecule is COc1ccccc1CNC(=O)[C@H]1CCCN1CC1CCCC1. The molecule has 1 amide bonds. The van der Waals surface area contributed by atoms with Crippen molar-refractivity contribution < 1.29 is 9.53 Å². The molecule has 1 saturated heterocycles. The lowest BCUT2D eigenvalue weighted by atomic mass is 10.1. The average molecular weight is 316 g/mol. The zero-order valence-corrected chi connectivity index (χ0v) is 14.1. The fourth-order valence-corrected chi connectivity index (χ4v) is 4.02. The Hall–Kier alpha value is -1.55. The molecular formula is C19H28N2O2. The topological polar surface area (TPSA) is 41.6 Å².